The zero-order valence-electron chi connectivity index (χ0n) is 16.2. The third-order valence-corrected chi connectivity index (χ3v) is 5.78. The molecular formula is C19H35F3N4. The fraction of sp³-hybridized carbons (Fsp3) is 0.947. The highest BCUT2D eigenvalue weighted by Gasteiger charge is 2.42. The molecule has 0 radical (unpaired) electrons. The molecule has 0 aromatic rings. The van der Waals surface area contributed by atoms with Gasteiger partial charge in [-0.1, -0.05) is 13.3 Å². The van der Waals surface area contributed by atoms with Crippen LogP contribution < -0.4 is 10.6 Å². The molecule has 2 rings (SSSR count). The van der Waals surface area contributed by atoms with Crippen molar-refractivity contribution in [3.63, 3.8) is 0 Å². The minimum atomic E-state index is -4.08. The SMILES string of the molecule is CCNC(=NCCC1CCN(CC)CC1)NC1CCCC(C(F)(F)F)C1. The number of rotatable bonds is 6. The van der Waals surface area contributed by atoms with Crippen LogP contribution in [0.1, 0.15) is 58.8 Å². The zero-order chi connectivity index (χ0) is 19.0. The first kappa shape index (κ1) is 21.3. The van der Waals surface area contributed by atoms with Gasteiger partial charge in [0, 0.05) is 19.1 Å². The van der Waals surface area contributed by atoms with E-state index in [9.17, 15) is 13.2 Å². The van der Waals surface area contributed by atoms with Gasteiger partial charge in [0.05, 0.1) is 5.92 Å². The summed E-state index contributed by atoms with van der Waals surface area (Å²) in [5.74, 6) is 0.209. The van der Waals surface area contributed by atoms with Crippen LogP contribution in [0.5, 0.6) is 0 Å². The van der Waals surface area contributed by atoms with Crippen molar-refractivity contribution in [2.45, 2.75) is 71.0 Å². The maximum Gasteiger partial charge on any atom is 0.391 e. The second-order valence-electron chi connectivity index (χ2n) is 7.67. The van der Waals surface area contributed by atoms with Gasteiger partial charge in [0.25, 0.3) is 0 Å². The van der Waals surface area contributed by atoms with Crippen LogP contribution in [-0.2, 0) is 0 Å². The fourth-order valence-corrected chi connectivity index (χ4v) is 4.08. The lowest BCUT2D eigenvalue weighted by molar-refractivity contribution is -0.183. The molecule has 2 N–H and O–H groups in total. The van der Waals surface area contributed by atoms with Crippen molar-refractivity contribution in [3.05, 3.63) is 0 Å². The fourth-order valence-electron chi connectivity index (χ4n) is 4.08. The van der Waals surface area contributed by atoms with Crippen molar-refractivity contribution < 1.29 is 13.2 Å². The zero-order valence-corrected chi connectivity index (χ0v) is 16.2. The number of likely N-dealkylation sites (tertiary alicyclic amines) is 1. The van der Waals surface area contributed by atoms with E-state index in [1.807, 2.05) is 6.92 Å². The van der Waals surface area contributed by atoms with Gasteiger partial charge in [-0.3, -0.25) is 4.99 Å². The summed E-state index contributed by atoms with van der Waals surface area (Å²) in [6.07, 6.45) is 1.25. The second kappa shape index (κ2) is 10.4. The molecule has 2 unspecified atom stereocenters. The van der Waals surface area contributed by atoms with Crippen molar-refractivity contribution >= 4 is 5.96 Å². The van der Waals surface area contributed by atoms with E-state index in [1.165, 1.54) is 25.9 Å². The highest BCUT2D eigenvalue weighted by molar-refractivity contribution is 5.80. The molecule has 2 atom stereocenters. The minimum Gasteiger partial charge on any atom is -0.357 e. The third kappa shape index (κ3) is 6.97. The first-order valence-electron chi connectivity index (χ1n) is 10.3. The standard InChI is InChI=1S/C19H35F3N4/c1-3-23-18(24-11-8-15-9-12-26(4-2)13-10-15)25-17-7-5-6-16(14-17)19(20,21)22/h15-17H,3-14H2,1-2H3,(H2,23,24,25). The lowest BCUT2D eigenvalue weighted by Crippen LogP contribution is -2.46. The number of hydrogen-bond acceptors (Lipinski definition) is 2. The van der Waals surface area contributed by atoms with E-state index in [-0.39, 0.29) is 18.9 Å². The first-order chi connectivity index (χ1) is 12.4. The molecule has 4 nitrogen and oxygen atoms in total. The van der Waals surface area contributed by atoms with Gasteiger partial charge in [-0.25, -0.2) is 0 Å². The van der Waals surface area contributed by atoms with Crippen LogP contribution in [0.25, 0.3) is 0 Å². The lowest BCUT2D eigenvalue weighted by atomic mass is 9.85. The molecule has 0 spiro atoms. The number of nitrogens with zero attached hydrogens (tertiary/aromatic N) is 2. The van der Waals surface area contributed by atoms with E-state index in [4.69, 9.17) is 0 Å². The van der Waals surface area contributed by atoms with Crippen LogP contribution in [0.15, 0.2) is 4.99 Å². The molecule has 1 saturated carbocycles. The molecule has 152 valence electrons. The molecule has 2 aliphatic rings. The van der Waals surface area contributed by atoms with Crippen LogP contribution in [-0.4, -0.2) is 55.8 Å². The highest BCUT2D eigenvalue weighted by atomic mass is 19.4. The third-order valence-electron chi connectivity index (χ3n) is 5.78. The van der Waals surface area contributed by atoms with Gasteiger partial charge in [-0.05, 0) is 71.0 Å². The first-order valence-corrected chi connectivity index (χ1v) is 10.3. The van der Waals surface area contributed by atoms with Gasteiger partial charge in [0.1, 0.15) is 0 Å². The van der Waals surface area contributed by atoms with Crippen molar-refractivity contribution in [1.82, 2.24) is 15.5 Å². The molecule has 26 heavy (non-hydrogen) atoms. The summed E-state index contributed by atoms with van der Waals surface area (Å²) in [4.78, 5) is 7.11. The number of alkyl halides is 3. The molecule has 0 bridgehead atoms. The smallest absolute Gasteiger partial charge is 0.357 e. The number of piperidine rings is 1. The number of hydrogen-bond donors (Lipinski definition) is 2. The van der Waals surface area contributed by atoms with Gasteiger partial charge in [-0.15, -0.1) is 0 Å². The normalized spacial score (nSPS) is 26.7. The van der Waals surface area contributed by atoms with Gasteiger partial charge in [0.15, 0.2) is 5.96 Å². The van der Waals surface area contributed by atoms with Crippen molar-refractivity contribution in [2.75, 3.05) is 32.7 Å². The molecule has 0 aromatic heterocycles. The van der Waals surface area contributed by atoms with Crippen LogP contribution in [0, 0.1) is 11.8 Å². The average molecular weight is 377 g/mol. The Morgan fingerprint density at radius 1 is 1.12 bits per heavy atom. The summed E-state index contributed by atoms with van der Waals surface area (Å²) in [5, 5.41) is 6.43. The van der Waals surface area contributed by atoms with Crippen LogP contribution in [0.4, 0.5) is 13.2 Å². The number of guanidine groups is 1. The molecule has 0 aromatic carbocycles. The quantitative estimate of drug-likeness (QED) is 0.547. The number of aliphatic imine (C=N–C) groups is 1. The molecule has 0 amide bonds. The summed E-state index contributed by atoms with van der Waals surface area (Å²) in [6, 6.07) is -0.138. The maximum atomic E-state index is 13.0. The number of nitrogens with one attached hydrogen (secondary N) is 2. The molecule has 7 heteroatoms. The van der Waals surface area contributed by atoms with E-state index in [2.05, 4.69) is 27.4 Å². The summed E-state index contributed by atoms with van der Waals surface area (Å²) >= 11 is 0. The van der Waals surface area contributed by atoms with E-state index in [1.54, 1.807) is 0 Å². The predicted octanol–water partition coefficient (Wildman–Crippen LogP) is 3.78. The Bertz CT molecular complexity index is 431. The Hall–Kier alpha value is -0.980. The van der Waals surface area contributed by atoms with Crippen LogP contribution in [0.3, 0.4) is 0 Å². The molecule has 2 fully saturated rings. The molecule has 1 heterocycles. The van der Waals surface area contributed by atoms with Crippen molar-refractivity contribution in [3.8, 4) is 0 Å². The summed E-state index contributed by atoms with van der Waals surface area (Å²) in [5.41, 5.74) is 0. The molecule has 1 aliphatic heterocycles. The van der Waals surface area contributed by atoms with E-state index in [0.29, 0.717) is 18.3 Å². The van der Waals surface area contributed by atoms with Crippen LogP contribution in [0.2, 0.25) is 0 Å². The van der Waals surface area contributed by atoms with Gasteiger partial charge in [-0.2, -0.15) is 13.2 Å². The second-order valence-corrected chi connectivity index (χ2v) is 7.67. The molecular weight excluding hydrogens is 341 g/mol. The molecule has 1 saturated heterocycles. The highest BCUT2D eigenvalue weighted by Crippen LogP contribution is 2.37. The number of halogens is 3. The summed E-state index contributed by atoms with van der Waals surface area (Å²) in [7, 11) is 0. The Kier molecular flexibility index (Phi) is 8.51. The van der Waals surface area contributed by atoms with E-state index >= 15 is 0 Å². The van der Waals surface area contributed by atoms with Gasteiger partial charge >= 0.3 is 6.18 Å². The van der Waals surface area contributed by atoms with Crippen molar-refractivity contribution in [2.24, 2.45) is 16.8 Å². The molecule has 1 aliphatic carbocycles. The summed E-state index contributed by atoms with van der Waals surface area (Å²) < 4.78 is 39.0. The van der Waals surface area contributed by atoms with Gasteiger partial charge in [0.2, 0.25) is 0 Å². The van der Waals surface area contributed by atoms with Crippen LogP contribution >= 0.6 is 0 Å². The Labute approximate surface area is 156 Å². The monoisotopic (exact) mass is 376 g/mol. The Morgan fingerprint density at radius 2 is 1.85 bits per heavy atom. The van der Waals surface area contributed by atoms with E-state index in [0.717, 1.165) is 32.5 Å². The van der Waals surface area contributed by atoms with E-state index < -0.39 is 12.1 Å². The Morgan fingerprint density at radius 3 is 2.46 bits per heavy atom. The lowest BCUT2D eigenvalue weighted by Gasteiger charge is -2.32. The Balaban J connectivity index is 1.79. The minimum absolute atomic E-state index is 0.138. The largest absolute Gasteiger partial charge is 0.391 e. The summed E-state index contributed by atoms with van der Waals surface area (Å²) in [6.45, 7) is 9.11. The van der Waals surface area contributed by atoms with Gasteiger partial charge < -0.3 is 15.5 Å². The van der Waals surface area contributed by atoms with Crippen molar-refractivity contribution in [1.29, 1.82) is 0 Å². The topological polar surface area (TPSA) is 39.7 Å². The predicted molar refractivity (Wildman–Crippen MR) is 100 cm³/mol. The average Bonchev–Trinajstić information content (AvgIpc) is 2.62. The maximum absolute atomic E-state index is 13.0.